The Labute approximate surface area is 599 Å². The van der Waals surface area contributed by atoms with Crippen molar-refractivity contribution in [1.82, 2.24) is 39.9 Å². The Morgan fingerprint density at radius 2 is 0.699 bits per heavy atom. The maximum atomic E-state index is 13.2. The number of sulfonamides is 1. The van der Waals surface area contributed by atoms with Gasteiger partial charge >= 0.3 is 18.1 Å². The number of benzene rings is 8. The molecule has 0 bridgehead atoms. The second-order valence-electron chi connectivity index (χ2n) is 21.5. The third-order valence-electron chi connectivity index (χ3n) is 14.0. The molecule has 27 nitrogen and oxygen atoms in total. The van der Waals surface area contributed by atoms with Crippen LogP contribution < -0.4 is 48.9 Å². The minimum absolute atomic E-state index is 0. The van der Waals surface area contributed by atoms with Crippen molar-refractivity contribution in [2.75, 3.05) is 55.2 Å². The fourth-order valence-corrected chi connectivity index (χ4v) is 9.69. The number of nitrogens with zero attached hydrogens (tertiary/aromatic N) is 8. The molecule has 4 aromatic heterocycles. The maximum absolute atomic E-state index is 13.2. The van der Waals surface area contributed by atoms with Crippen molar-refractivity contribution in [2.24, 2.45) is 0 Å². The lowest BCUT2D eigenvalue weighted by molar-refractivity contribution is -0.137. The first-order valence-electron chi connectivity index (χ1n) is 30.1. The lowest BCUT2D eigenvalue weighted by Crippen LogP contribution is -2.17. The number of nitrogen functional groups attached to an aromatic ring is 4. The van der Waals surface area contributed by atoms with Crippen LogP contribution in [-0.2, 0) is 16.2 Å². The molecule has 12 aromatic rings. The predicted molar refractivity (Wildman–Crippen MR) is 404 cm³/mol. The summed E-state index contributed by atoms with van der Waals surface area (Å²) in [6.45, 7) is 0. The molecule has 0 saturated heterocycles. The predicted octanol–water partition coefficient (Wildman–Crippen LogP) is 14.2. The van der Waals surface area contributed by atoms with E-state index in [4.69, 9.17) is 33.1 Å². The number of hydrogen-bond acceptors (Lipinski definition) is 20. The van der Waals surface area contributed by atoms with Crippen LogP contribution in [0.5, 0.6) is 0 Å². The van der Waals surface area contributed by atoms with Crippen LogP contribution >= 0.6 is 0 Å². The van der Waals surface area contributed by atoms with Gasteiger partial charge in [0.15, 0.2) is 46.0 Å². The van der Waals surface area contributed by atoms with Crippen LogP contribution in [0.3, 0.4) is 0 Å². The van der Waals surface area contributed by atoms with Crippen LogP contribution in [0.25, 0.3) is 45.0 Å². The van der Waals surface area contributed by atoms with Gasteiger partial charge in [0.05, 0.1) is 70.5 Å². The summed E-state index contributed by atoms with van der Waals surface area (Å²) in [5.74, 6) is -4.31. The number of para-hydroxylation sites is 4. The van der Waals surface area contributed by atoms with Gasteiger partial charge in [0.1, 0.15) is 0 Å². The zero-order chi connectivity index (χ0) is 73.8. The molecular formula is C72H78F3N17O10S. The third kappa shape index (κ3) is 20.4. The molecule has 538 valence electrons. The van der Waals surface area contributed by atoms with Gasteiger partial charge < -0.3 is 54.4 Å². The van der Waals surface area contributed by atoms with E-state index in [0.29, 0.717) is 62.2 Å². The maximum Gasteiger partial charge on any atom is 0.417 e. The second kappa shape index (κ2) is 33.3. The van der Waals surface area contributed by atoms with Gasteiger partial charge in [-0.05, 0) is 91.0 Å². The smallest absolute Gasteiger partial charge is 0.417 e. The number of amides is 4. The molecule has 0 aliphatic heterocycles. The molecule has 12 rings (SSSR count). The van der Waals surface area contributed by atoms with E-state index in [2.05, 4.69) is 65.9 Å². The van der Waals surface area contributed by atoms with Crippen LogP contribution in [0.4, 0.5) is 64.9 Å². The van der Waals surface area contributed by atoms with Gasteiger partial charge in [0.2, 0.25) is 10.0 Å². The van der Waals surface area contributed by atoms with Crippen molar-refractivity contribution < 1.29 is 74.8 Å². The Morgan fingerprint density at radius 3 is 1.05 bits per heavy atom. The number of aromatic nitrogens is 8. The SMILES string of the molecule is CS(=O)(=O)Nc1ccc(-c2cnc(N)c(C(=O)Nc3ccccc3)n2)cc1.Nc1ncc(-c2ccc(C(=O)O)cc2)nc1C(=O)Nc1ccccc1.Nc1ncc(-c2cccc(C(=O)O)c2)nc1C(=O)Nc1ccccc1.Nc1ncc(-c2ccccc2C(F)(F)F)nc1C(=O)Nc1ccccc1.[HH].[HH].[HH].[HH].[HH].[HH].[HH].[HH].[HH].[HH]. The molecular weight excluding hydrogens is 1350 g/mol. The summed E-state index contributed by atoms with van der Waals surface area (Å²) in [5.41, 5.74) is 27.7. The normalized spacial score (nSPS) is 10.7. The van der Waals surface area contributed by atoms with E-state index in [9.17, 15) is 50.4 Å². The van der Waals surface area contributed by atoms with Gasteiger partial charge in [-0.2, -0.15) is 13.2 Å². The van der Waals surface area contributed by atoms with Gasteiger partial charge in [-0.3, -0.25) is 23.9 Å². The number of carbonyl (C=O) groups is 6. The molecule has 4 amide bonds. The number of halogens is 3. The monoisotopic (exact) mass is 1430 g/mol. The molecule has 0 aliphatic rings. The average Bonchev–Trinajstić information content (AvgIpc) is 0.830. The van der Waals surface area contributed by atoms with E-state index in [-0.39, 0.29) is 82.7 Å². The van der Waals surface area contributed by atoms with Crippen molar-refractivity contribution in [3.8, 4) is 45.0 Å². The highest BCUT2D eigenvalue weighted by molar-refractivity contribution is 7.92. The van der Waals surface area contributed by atoms with E-state index in [0.717, 1.165) is 18.5 Å². The number of anilines is 9. The molecule has 0 spiro atoms. The van der Waals surface area contributed by atoms with Crippen molar-refractivity contribution in [3.63, 3.8) is 0 Å². The van der Waals surface area contributed by atoms with Crippen molar-refractivity contribution in [1.29, 1.82) is 0 Å². The number of nitrogens with one attached hydrogen (secondary N) is 5. The molecule has 0 aliphatic carbocycles. The minimum atomic E-state index is -4.56. The number of carboxylic acid groups (broad SMARTS) is 2. The Balaban J connectivity index is 0. The molecule has 8 aromatic carbocycles. The zero-order valence-electron chi connectivity index (χ0n) is 53.7. The summed E-state index contributed by atoms with van der Waals surface area (Å²) in [5, 5.41) is 28.7. The van der Waals surface area contributed by atoms with E-state index < -0.39 is 57.3 Å². The summed E-state index contributed by atoms with van der Waals surface area (Å²) in [6, 6.07) is 59.1. The van der Waals surface area contributed by atoms with Gasteiger partial charge in [-0.25, -0.2) is 57.9 Å². The summed E-state index contributed by atoms with van der Waals surface area (Å²) >= 11 is 0. The Hall–Kier alpha value is -14.4. The van der Waals surface area contributed by atoms with Gasteiger partial charge in [-0.15, -0.1) is 0 Å². The lowest BCUT2D eigenvalue weighted by atomic mass is 10.0. The molecule has 0 fully saturated rings. The molecule has 103 heavy (non-hydrogen) atoms. The number of rotatable bonds is 16. The summed E-state index contributed by atoms with van der Waals surface area (Å²) in [4.78, 5) is 104. The number of carbonyl (C=O) groups excluding carboxylic acids is 4. The van der Waals surface area contributed by atoms with Crippen molar-refractivity contribution in [3.05, 3.63) is 283 Å². The zero-order valence-corrected chi connectivity index (χ0v) is 54.5. The minimum Gasteiger partial charge on any atom is -0.478 e. The topological polar surface area (TPSA) is 444 Å². The molecule has 0 radical (unpaired) electrons. The molecule has 15 N–H and O–H groups in total. The van der Waals surface area contributed by atoms with Crippen LogP contribution in [0, 0.1) is 0 Å². The largest absolute Gasteiger partial charge is 0.478 e. The van der Waals surface area contributed by atoms with E-state index >= 15 is 0 Å². The number of hydrogen-bond donors (Lipinski definition) is 11. The molecule has 31 heteroatoms. The van der Waals surface area contributed by atoms with Gasteiger partial charge in [-0.1, -0.05) is 127 Å². The second-order valence-corrected chi connectivity index (χ2v) is 23.2. The number of aromatic carboxylic acids is 2. The van der Waals surface area contributed by atoms with E-state index in [1.807, 2.05) is 18.2 Å². The van der Waals surface area contributed by atoms with Crippen molar-refractivity contribution >= 4 is 97.3 Å². The fourth-order valence-electron chi connectivity index (χ4n) is 9.13. The Bertz CT molecular complexity index is 5230. The standard InChI is InChI=1S/C18H13F3N4O.C18H17N5O3S.2C18H14N4O3.10H2/c19-18(20,21)13-9-5-4-8-12(13)14-10-23-16(22)15(25-14)17(26)24-11-6-2-1-3-7-11;1-27(25,26)23-14-9-7-12(8-10-14)15-11-20-17(19)16(22-15)18(24)21-13-5-3-2-4-6-13;19-16-15(17(23)21-13-7-2-1-3-8-13)22-14(10-20-16)11-5-4-6-12(9-11)18(24)25;19-16-15(17(23)21-13-4-2-1-3-5-13)22-14(10-20-16)11-6-8-12(9-7-11)18(24)25;;;;;;;;;;/h1-10H,(H2,22,23)(H,24,26);2-11,23H,1H3,(H2,19,20)(H,21,24);2*1-10H,(H2,19,20)(H,21,23)(H,24,25);10*1H. The first-order chi connectivity index (χ1) is 49.3. The average molecular weight is 1430 g/mol. The van der Waals surface area contributed by atoms with Crippen LogP contribution in [-0.4, -0.2) is 100 Å². The first kappa shape index (κ1) is 72.9. The number of alkyl halides is 3. The van der Waals surface area contributed by atoms with Crippen LogP contribution in [0.15, 0.2) is 243 Å². The highest BCUT2D eigenvalue weighted by Gasteiger charge is 2.34. The van der Waals surface area contributed by atoms with Crippen LogP contribution in [0.1, 0.15) is 82.5 Å². The van der Waals surface area contributed by atoms with E-state index in [1.165, 1.54) is 61.1 Å². The molecule has 0 atom stereocenters. The lowest BCUT2D eigenvalue weighted by Gasteiger charge is -2.13. The van der Waals surface area contributed by atoms with E-state index in [1.54, 1.807) is 152 Å². The molecule has 0 unspecified atom stereocenters. The summed E-state index contributed by atoms with van der Waals surface area (Å²) < 4.78 is 64.5. The Morgan fingerprint density at radius 1 is 0.379 bits per heavy atom. The van der Waals surface area contributed by atoms with Crippen LogP contribution in [0.2, 0.25) is 0 Å². The van der Waals surface area contributed by atoms with Gasteiger partial charge in [0, 0.05) is 65.0 Å². The molecule has 0 saturated carbocycles. The fraction of sp³-hybridized carbons (Fsp3) is 0.0278. The summed E-state index contributed by atoms with van der Waals surface area (Å²) in [7, 11) is -3.36. The van der Waals surface area contributed by atoms with Crippen molar-refractivity contribution in [2.45, 2.75) is 6.18 Å². The number of nitrogens with two attached hydrogens (primary N) is 4. The number of carboxylic acids is 2. The summed E-state index contributed by atoms with van der Waals surface area (Å²) in [6.07, 6.45) is 1.91. The molecule has 4 heterocycles. The van der Waals surface area contributed by atoms with Gasteiger partial charge in [0.25, 0.3) is 23.6 Å². The highest BCUT2D eigenvalue weighted by Crippen LogP contribution is 2.37. The third-order valence-corrected chi connectivity index (χ3v) is 14.6. The quantitative estimate of drug-likeness (QED) is 0.0428. The highest BCUT2D eigenvalue weighted by atomic mass is 32.2. The Kier molecular flexibility index (Phi) is 23.5. The first-order valence-corrected chi connectivity index (χ1v) is 32.0.